The van der Waals surface area contributed by atoms with Crippen LogP contribution in [0, 0.1) is 17.5 Å². The van der Waals surface area contributed by atoms with Crippen molar-refractivity contribution in [3.8, 4) is 11.1 Å². The summed E-state index contributed by atoms with van der Waals surface area (Å²) in [4.78, 5) is 23.9. The standard InChI is InChI=1S/C22H12F3NO3/c23-15-4-3-5-16(24)20(15)21(27)19-11-14(18-6-1-2-9-26(18)19)13-8-7-12(22(28)29)10-17(13)25/h1-11H,(H,28,29). The monoisotopic (exact) mass is 395 g/mol. The van der Waals surface area contributed by atoms with Gasteiger partial charge in [0.15, 0.2) is 0 Å². The number of ketones is 1. The zero-order chi connectivity index (χ0) is 20.7. The normalized spacial score (nSPS) is 11.0. The topological polar surface area (TPSA) is 58.8 Å². The van der Waals surface area contributed by atoms with E-state index in [0.29, 0.717) is 11.1 Å². The quantitative estimate of drug-likeness (QED) is 0.497. The maximum Gasteiger partial charge on any atom is 0.335 e. The third-order valence-electron chi connectivity index (χ3n) is 4.61. The average Bonchev–Trinajstić information content (AvgIpc) is 3.07. The number of carboxylic acids is 1. The Bertz CT molecular complexity index is 1270. The summed E-state index contributed by atoms with van der Waals surface area (Å²) in [5.41, 5.74) is -0.203. The molecule has 2 aromatic carbocycles. The van der Waals surface area contributed by atoms with Crippen LogP contribution in [-0.4, -0.2) is 21.3 Å². The fourth-order valence-corrected chi connectivity index (χ4v) is 3.25. The van der Waals surface area contributed by atoms with Crippen molar-refractivity contribution in [2.75, 3.05) is 0 Å². The number of carboxylic acid groups (broad SMARTS) is 1. The predicted octanol–water partition coefficient (Wildman–Crippen LogP) is 4.95. The summed E-state index contributed by atoms with van der Waals surface area (Å²) >= 11 is 0. The number of halogens is 3. The van der Waals surface area contributed by atoms with Gasteiger partial charge in [-0.3, -0.25) is 4.79 Å². The molecule has 0 bridgehead atoms. The van der Waals surface area contributed by atoms with Crippen LogP contribution in [0.2, 0.25) is 0 Å². The number of carbonyl (C=O) groups excluding carboxylic acids is 1. The van der Waals surface area contributed by atoms with Gasteiger partial charge in [-0.05, 0) is 42.5 Å². The van der Waals surface area contributed by atoms with E-state index in [9.17, 15) is 22.8 Å². The lowest BCUT2D eigenvalue weighted by Crippen LogP contribution is -2.09. The Morgan fingerprint density at radius 3 is 2.17 bits per heavy atom. The van der Waals surface area contributed by atoms with Crippen LogP contribution in [0.1, 0.15) is 26.4 Å². The van der Waals surface area contributed by atoms with E-state index in [4.69, 9.17) is 5.11 Å². The number of hydrogen-bond donors (Lipinski definition) is 1. The van der Waals surface area contributed by atoms with Crippen molar-refractivity contribution in [3.05, 3.63) is 101 Å². The molecule has 144 valence electrons. The lowest BCUT2D eigenvalue weighted by Gasteiger charge is -2.05. The summed E-state index contributed by atoms with van der Waals surface area (Å²) in [6, 6.07) is 12.8. The highest BCUT2D eigenvalue weighted by Gasteiger charge is 2.24. The van der Waals surface area contributed by atoms with Gasteiger partial charge in [0.2, 0.25) is 5.78 Å². The van der Waals surface area contributed by atoms with Gasteiger partial charge in [-0.15, -0.1) is 0 Å². The number of carbonyl (C=O) groups is 2. The Kier molecular flexibility index (Phi) is 4.43. The van der Waals surface area contributed by atoms with Crippen LogP contribution in [0.5, 0.6) is 0 Å². The molecule has 0 aliphatic carbocycles. The Morgan fingerprint density at radius 2 is 1.52 bits per heavy atom. The summed E-state index contributed by atoms with van der Waals surface area (Å²) in [6.07, 6.45) is 1.52. The first kappa shape index (κ1) is 18.5. The molecule has 0 aliphatic rings. The molecule has 0 fully saturated rings. The SMILES string of the molecule is O=C(O)c1ccc(-c2cc(C(=O)c3c(F)cccc3F)n3ccccc23)c(F)c1. The van der Waals surface area contributed by atoms with Gasteiger partial charge in [-0.25, -0.2) is 18.0 Å². The first-order valence-corrected chi connectivity index (χ1v) is 8.50. The second kappa shape index (κ2) is 6.94. The lowest BCUT2D eigenvalue weighted by atomic mass is 10.0. The Labute approximate surface area is 162 Å². The summed E-state index contributed by atoms with van der Waals surface area (Å²) in [5.74, 6) is -4.96. The zero-order valence-corrected chi connectivity index (χ0v) is 14.7. The molecule has 0 saturated heterocycles. The third kappa shape index (κ3) is 3.06. The molecule has 2 heterocycles. The number of aromatic nitrogens is 1. The number of fused-ring (bicyclic) bond motifs is 1. The fourth-order valence-electron chi connectivity index (χ4n) is 3.25. The maximum absolute atomic E-state index is 14.6. The van der Waals surface area contributed by atoms with Gasteiger partial charge >= 0.3 is 5.97 Å². The number of pyridine rings is 1. The van der Waals surface area contributed by atoms with Crippen LogP contribution in [0.4, 0.5) is 13.2 Å². The van der Waals surface area contributed by atoms with E-state index in [0.717, 1.165) is 24.3 Å². The van der Waals surface area contributed by atoms with Crippen molar-refractivity contribution in [3.63, 3.8) is 0 Å². The van der Waals surface area contributed by atoms with Crippen molar-refractivity contribution >= 4 is 17.3 Å². The summed E-state index contributed by atoms with van der Waals surface area (Å²) in [6.45, 7) is 0. The first-order valence-electron chi connectivity index (χ1n) is 8.50. The lowest BCUT2D eigenvalue weighted by molar-refractivity contribution is 0.0696. The van der Waals surface area contributed by atoms with E-state index in [-0.39, 0.29) is 16.8 Å². The summed E-state index contributed by atoms with van der Waals surface area (Å²) < 4.78 is 44.2. The minimum absolute atomic E-state index is 0.0543. The maximum atomic E-state index is 14.6. The van der Waals surface area contributed by atoms with E-state index in [2.05, 4.69) is 0 Å². The van der Waals surface area contributed by atoms with Gasteiger partial charge < -0.3 is 9.51 Å². The van der Waals surface area contributed by atoms with Crippen molar-refractivity contribution in [2.24, 2.45) is 0 Å². The molecule has 4 aromatic rings. The summed E-state index contributed by atoms with van der Waals surface area (Å²) in [7, 11) is 0. The van der Waals surface area contributed by atoms with E-state index in [1.165, 1.54) is 28.8 Å². The van der Waals surface area contributed by atoms with Gasteiger partial charge in [0, 0.05) is 17.3 Å². The second-order valence-electron chi connectivity index (χ2n) is 6.32. The number of hydrogen-bond acceptors (Lipinski definition) is 2. The van der Waals surface area contributed by atoms with Crippen LogP contribution >= 0.6 is 0 Å². The highest BCUT2D eigenvalue weighted by atomic mass is 19.1. The molecule has 7 heteroatoms. The number of rotatable bonds is 4. The molecular weight excluding hydrogens is 383 g/mol. The van der Waals surface area contributed by atoms with E-state index in [1.54, 1.807) is 18.2 Å². The summed E-state index contributed by atoms with van der Waals surface area (Å²) in [5, 5.41) is 9.01. The largest absolute Gasteiger partial charge is 0.478 e. The highest BCUT2D eigenvalue weighted by molar-refractivity contribution is 6.10. The molecule has 0 amide bonds. The molecule has 4 rings (SSSR count). The van der Waals surface area contributed by atoms with Crippen molar-refractivity contribution in [1.29, 1.82) is 0 Å². The molecule has 1 N–H and O–H groups in total. The van der Waals surface area contributed by atoms with Gasteiger partial charge in [0.25, 0.3) is 0 Å². The first-order chi connectivity index (χ1) is 13.9. The van der Waals surface area contributed by atoms with E-state index >= 15 is 0 Å². The number of nitrogens with zero attached hydrogens (tertiary/aromatic N) is 1. The Hall–Kier alpha value is -3.87. The molecule has 0 aliphatic heterocycles. The second-order valence-corrected chi connectivity index (χ2v) is 6.32. The molecule has 0 spiro atoms. The molecule has 0 radical (unpaired) electrons. The fraction of sp³-hybridized carbons (Fsp3) is 0. The van der Waals surface area contributed by atoms with Gasteiger partial charge in [0.1, 0.15) is 17.5 Å². The van der Waals surface area contributed by atoms with Crippen LogP contribution < -0.4 is 0 Å². The number of aromatic carboxylic acids is 1. The van der Waals surface area contributed by atoms with E-state index in [1.807, 2.05) is 0 Å². The van der Waals surface area contributed by atoms with Crippen LogP contribution in [0.25, 0.3) is 16.6 Å². The Balaban J connectivity index is 1.94. The molecule has 4 nitrogen and oxygen atoms in total. The zero-order valence-electron chi connectivity index (χ0n) is 14.7. The van der Waals surface area contributed by atoms with Crippen LogP contribution in [0.15, 0.2) is 66.9 Å². The van der Waals surface area contributed by atoms with Gasteiger partial charge in [0.05, 0.1) is 22.3 Å². The smallest absolute Gasteiger partial charge is 0.335 e. The molecule has 0 atom stereocenters. The van der Waals surface area contributed by atoms with Gasteiger partial charge in [-0.1, -0.05) is 18.2 Å². The van der Waals surface area contributed by atoms with Crippen molar-refractivity contribution < 1.29 is 27.9 Å². The van der Waals surface area contributed by atoms with Crippen LogP contribution in [0.3, 0.4) is 0 Å². The minimum atomic E-state index is -1.27. The molecule has 0 saturated carbocycles. The number of benzene rings is 2. The van der Waals surface area contributed by atoms with Gasteiger partial charge in [-0.2, -0.15) is 0 Å². The predicted molar refractivity (Wildman–Crippen MR) is 99.5 cm³/mol. The molecule has 2 aromatic heterocycles. The third-order valence-corrected chi connectivity index (χ3v) is 4.61. The Morgan fingerprint density at radius 1 is 0.793 bits per heavy atom. The molecular formula is C22H12F3NO3. The molecule has 0 unspecified atom stereocenters. The van der Waals surface area contributed by atoms with Crippen LogP contribution in [-0.2, 0) is 0 Å². The van der Waals surface area contributed by atoms with Crippen molar-refractivity contribution in [1.82, 2.24) is 4.40 Å². The van der Waals surface area contributed by atoms with E-state index < -0.39 is 34.8 Å². The van der Waals surface area contributed by atoms with Crippen molar-refractivity contribution in [2.45, 2.75) is 0 Å². The molecule has 29 heavy (non-hydrogen) atoms. The minimum Gasteiger partial charge on any atom is -0.478 e. The average molecular weight is 395 g/mol. The highest BCUT2D eigenvalue weighted by Crippen LogP contribution is 2.32.